The molecular formula is C20H28N2O3. The van der Waals surface area contributed by atoms with Gasteiger partial charge in [-0.1, -0.05) is 36.4 Å². The third-order valence-corrected chi connectivity index (χ3v) is 4.76. The first-order valence-corrected chi connectivity index (χ1v) is 9.03. The predicted molar refractivity (Wildman–Crippen MR) is 98.5 cm³/mol. The third kappa shape index (κ3) is 4.29. The Balaban J connectivity index is 1.79. The maximum absolute atomic E-state index is 6.22. The van der Waals surface area contributed by atoms with Crippen molar-refractivity contribution >= 4 is 5.71 Å². The van der Waals surface area contributed by atoms with Crippen molar-refractivity contribution in [3.63, 3.8) is 0 Å². The normalized spacial score (nSPS) is 31.4. The zero-order chi connectivity index (χ0) is 17.6. The van der Waals surface area contributed by atoms with Gasteiger partial charge in [-0.3, -0.25) is 5.01 Å². The molecule has 0 amide bonds. The second kappa shape index (κ2) is 8.61. The number of rotatable bonds is 6. The van der Waals surface area contributed by atoms with Crippen LogP contribution in [0.3, 0.4) is 0 Å². The van der Waals surface area contributed by atoms with Crippen LogP contribution in [0.4, 0.5) is 0 Å². The molecule has 0 aliphatic carbocycles. The van der Waals surface area contributed by atoms with Crippen LogP contribution in [0.1, 0.15) is 38.0 Å². The fraction of sp³-hybridized carbons (Fsp3) is 0.550. The van der Waals surface area contributed by atoms with Crippen molar-refractivity contribution in [2.75, 3.05) is 20.3 Å². The van der Waals surface area contributed by atoms with Gasteiger partial charge in [0, 0.05) is 19.2 Å². The summed E-state index contributed by atoms with van der Waals surface area (Å²) in [4.78, 5) is 0. The minimum Gasteiger partial charge on any atom is -0.382 e. The quantitative estimate of drug-likeness (QED) is 0.741. The monoisotopic (exact) mass is 344 g/mol. The summed E-state index contributed by atoms with van der Waals surface area (Å²) in [7, 11) is 1.74. The van der Waals surface area contributed by atoms with Gasteiger partial charge >= 0.3 is 0 Å². The van der Waals surface area contributed by atoms with Crippen LogP contribution in [-0.2, 0) is 14.2 Å². The SMILES string of the molecule is C=CC[C@H]1O[C@H](c2ccccc2)O[C@H](C)/C1=N/N1CCC[C@@H]1COC. The van der Waals surface area contributed by atoms with Crippen LogP contribution in [0.15, 0.2) is 48.1 Å². The van der Waals surface area contributed by atoms with E-state index >= 15 is 0 Å². The number of benzene rings is 1. The Labute approximate surface area is 150 Å². The largest absolute Gasteiger partial charge is 0.382 e. The summed E-state index contributed by atoms with van der Waals surface area (Å²) < 4.78 is 17.7. The Morgan fingerprint density at radius 1 is 1.32 bits per heavy atom. The summed E-state index contributed by atoms with van der Waals surface area (Å²) in [5.74, 6) is 0. The van der Waals surface area contributed by atoms with Gasteiger partial charge in [0.15, 0.2) is 6.29 Å². The van der Waals surface area contributed by atoms with E-state index in [1.165, 1.54) is 0 Å². The Morgan fingerprint density at radius 3 is 2.84 bits per heavy atom. The van der Waals surface area contributed by atoms with E-state index in [0.717, 1.165) is 37.1 Å². The molecule has 0 radical (unpaired) electrons. The van der Waals surface area contributed by atoms with Gasteiger partial charge in [-0.25, -0.2) is 0 Å². The zero-order valence-corrected chi connectivity index (χ0v) is 15.1. The van der Waals surface area contributed by atoms with Gasteiger partial charge in [0.1, 0.15) is 12.2 Å². The maximum Gasteiger partial charge on any atom is 0.185 e. The average Bonchev–Trinajstić information content (AvgIpc) is 3.06. The summed E-state index contributed by atoms with van der Waals surface area (Å²) in [6, 6.07) is 10.4. The topological polar surface area (TPSA) is 43.3 Å². The molecule has 5 nitrogen and oxygen atoms in total. The highest BCUT2D eigenvalue weighted by Gasteiger charge is 2.35. The third-order valence-electron chi connectivity index (χ3n) is 4.76. The van der Waals surface area contributed by atoms with Crippen molar-refractivity contribution in [3.8, 4) is 0 Å². The molecule has 0 bridgehead atoms. The van der Waals surface area contributed by atoms with Gasteiger partial charge < -0.3 is 14.2 Å². The van der Waals surface area contributed by atoms with Crippen molar-refractivity contribution in [2.45, 2.75) is 50.7 Å². The number of hydrazone groups is 1. The highest BCUT2D eigenvalue weighted by atomic mass is 16.7. The fourth-order valence-corrected chi connectivity index (χ4v) is 3.47. The summed E-state index contributed by atoms with van der Waals surface area (Å²) in [6.07, 6.45) is 4.27. The van der Waals surface area contributed by atoms with E-state index in [1.807, 2.05) is 36.4 Å². The second-order valence-electron chi connectivity index (χ2n) is 6.61. The van der Waals surface area contributed by atoms with Crippen molar-refractivity contribution in [2.24, 2.45) is 5.10 Å². The van der Waals surface area contributed by atoms with Gasteiger partial charge in [-0.15, -0.1) is 6.58 Å². The van der Waals surface area contributed by atoms with Crippen LogP contribution in [0.25, 0.3) is 0 Å². The molecular weight excluding hydrogens is 316 g/mol. The fourth-order valence-electron chi connectivity index (χ4n) is 3.47. The first-order valence-electron chi connectivity index (χ1n) is 9.03. The molecule has 25 heavy (non-hydrogen) atoms. The average molecular weight is 344 g/mol. The van der Waals surface area contributed by atoms with Crippen molar-refractivity contribution in [3.05, 3.63) is 48.6 Å². The van der Waals surface area contributed by atoms with E-state index < -0.39 is 0 Å². The lowest BCUT2D eigenvalue weighted by atomic mass is 10.0. The number of methoxy groups -OCH3 is 1. The number of hydrogen-bond acceptors (Lipinski definition) is 5. The Hall–Kier alpha value is -1.69. The highest BCUT2D eigenvalue weighted by Crippen LogP contribution is 2.31. The molecule has 2 aliphatic rings. The molecule has 0 N–H and O–H groups in total. The van der Waals surface area contributed by atoms with Crippen LogP contribution in [-0.4, -0.2) is 49.2 Å². The maximum atomic E-state index is 6.22. The van der Waals surface area contributed by atoms with E-state index in [4.69, 9.17) is 19.3 Å². The molecule has 0 unspecified atom stereocenters. The van der Waals surface area contributed by atoms with Gasteiger partial charge in [-0.05, 0) is 26.2 Å². The molecule has 136 valence electrons. The standard InChI is InChI=1S/C20H28N2O3/c1-4-9-18-19(21-22-13-8-12-17(22)14-23-3)15(2)24-20(25-18)16-10-6-5-7-11-16/h4-7,10-11,15,17-18,20H,1,8-9,12-14H2,2-3H3/b21-19-/t15-,17-,18-,20-/m1/s1. The van der Waals surface area contributed by atoms with Crippen LogP contribution in [0.2, 0.25) is 0 Å². The van der Waals surface area contributed by atoms with Crippen LogP contribution in [0.5, 0.6) is 0 Å². The second-order valence-corrected chi connectivity index (χ2v) is 6.61. The summed E-state index contributed by atoms with van der Waals surface area (Å²) >= 11 is 0. The number of hydrogen-bond donors (Lipinski definition) is 0. The molecule has 0 spiro atoms. The highest BCUT2D eigenvalue weighted by molar-refractivity contribution is 5.93. The van der Waals surface area contributed by atoms with E-state index in [0.29, 0.717) is 12.6 Å². The number of ether oxygens (including phenoxy) is 3. The first kappa shape index (κ1) is 18.1. The molecule has 2 heterocycles. The predicted octanol–water partition coefficient (Wildman–Crippen LogP) is 3.53. The summed E-state index contributed by atoms with van der Waals surface area (Å²) in [6.45, 7) is 7.58. The molecule has 5 heteroatoms. The minimum atomic E-state index is -0.367. The summed E-state index contributed by atoms with van der Waals surface area (Å²) in [5.41, 5.74) is 1.97. The minimum absolute atomic E-state index is 0.104. The zero-order valence-electron chi connectivity index (χ0n) is 15.1. The molecule has 2 aliphatic heterocycles. The molecule has 0 saturated carbocycles. The molecule has 1 aromatic carbocycles. The van der Waals surface area contributed by atoms with E-state index in [-0.39, 0.29) is 18.5 Å². The van der Waals surface area contributed by atoms with Crippen molar-refractivity contribution in [1.29, 1.82) is 0 Å². The number of nitrogens with zero attached hydrogens (tertiary/aromatic N) is 2. The smallest absolute Gasteiger partial charge is 0.185 e. The van der Waals surface area contributed by atoms with Crippen molar-refractivity contribution in [1.82, 2.24) is 5.01 Å². The Morgan fingerprint density at radius 2 is 2.12 bits per heavy atom. The molecule has 2 saturated heterocycles. The molecule has 0 aromatic heterocycles. The van der Waals surface area contributed by atoms with Crippen LogP contribution >= 0.6 is 0 Å². The van der Waals surface area contributed by atoms with Gasteiger partial charge in [0.2, 0.25) is 0 Å². The molecule has 2 fully saturated rings. The lowest BCUT2D eigenvalue weighted by molar-refractivity contribution is -0.193. The molecule has 4 atom stereocenters. The Bertz CT molecular complexity index is 590. The van der Waals surface area contributed by atoms with Gasteiger partial charge in [0.05, 0.1) is 18.4 Å². The summed E-state index contributed by atoms with van der Waals surface area (Å²) in [5, 5.41) is 7.06. The van der Waals surface area contributed by atoms with E-state index in [2.05, 4.69) is 18.5 Å². The van der Waals surface area contributed by atoms with E-state index in [9.17, 15) is 0 Å². The van der Waals surface area contributed by atoms with Gasteiger partial charge in [0.25, 0.3) is 0 Å². The van der Waals surface area contributed by atoms with Gasteiger partial charge in [-0.2, -0.15) is 5.10 Å². The van der Waals surface area contributed by atoms with Crippen LogP contribution < -0.4 is 0 Å². The van der Waals surface area contributed by atoms with Crippen molar-refractivity contribution < 1.29 is 14.2 Å². The van der Waals surface area contributed by atoms with Crippen LogP contribution in [0, 0.1) is 0 Å². The first-order chi connectivity index (χ1) is 12.2. The lowest BCUT2D eigenvalue weighted by Crippen LogP contribution is -2.44. The lowest BCUT2D eigenvalue weighted by Gasteiger charge is -2.36. The molecule has 3 rings (SSSR count). The molecule has 1 aromatic rings. The Kier molecular flexibility index (Phi) is 6.24. The van der Waals surface area contributed by atoms with E-state index in [1.54, 1.807) is 7.11 Å².